The summed E-state index contributed by atoms with van der Waals surface area (Å²) in [4.78, 5) is 27.2. The molecule has 2 amide bonds. The van der Waals surface area contributed by atoms with Crippen LogP contribution in [0.5, 0.6) is 5.75 Å². The molecule has 2 rings (SSSR count). The average molecular weight is 563 g/mol. The fourth-order valence-electron chi connectivity index (χ4n) is 2.66. The first-order valence-electron chi connectivity index (χ1n) is 9.64. The van der Waals surface area contributed by atoms with Crippen LogP contribution >= 0.6 is 45.8 Å². The molecule has 2 aromatic rings. The Morgan fingerprint density at radius 3 is 2.27 bits per heavy atom. The molecule has 0 bridgehead atoms. The lowest BCUT2D eigenvalue weighted by molar-refractivity contribution is -0.142. The highest BCUT2D eigenvalue weighted by molar-refractivity contribution is 14.1. The monoisotopic (exact) mass is 562 g/mol. The lowest BCUT2D eigenvalue weighted by atomic mass is 10.1. The van der Waals surface area contributed by atoms with Crippen LogP contribution in [0.3, 0.4) is 0 Å². The Bertz CT molecular complexity index is 857. The van der Waals surface area contributed by atoms with E-state index in [9.17, 15) is 9.59 Å². The number of halogens is 3. The molecule has 30 heavy (non-hydrogen) atoms. The molecule has 0 heterocycles. The van der Waals surface area contributed by atoms with Crippen molar-refractivity contribution in [3.05, 3.63) is 61.6 Å². The summed E-state index contributed by atoms with van der Waals surface area (Å²) in [6.07, 6.45) is 0.790. The molecule has 0 fully saturated rings. The van der Waals surface area contributed by atoms with Crippen LogP contribution in [0.1, 0.15) is 32.8 Å². The smallest absolute Gasteiger partial charge is 0.261 e. The molecule has 0 saturated heterocycles. The predicted molar refractivity (Wildman–Crippen MR) is 129 cm³/mol. The number of nitrogens with zero attached hydrogens (tertiary/aromatic N) is 1. The molecule has 0 spiro atoms. The van der Waals surface area contributed by atoms with E-state index in [-0.39, 0.29) is 31.0 Å². The maximum Gasteiger partial charge on any atom is 0.261 e. The number of hydrogen-bond acceptors (Lipinski definition) is 3. The van der Waals surface area contributed by atoms with E-state index >= 15 is 0 Å². The minimum Gasteiger partial charge on any atom is -0.484 e. The standard InChI is InChI=1S/C22H25Cl2IN2O3/c1-4-14(2)26-22(29)15(3)27(12-18-19(23)6-5-7-20(18)24)21(28)13-30-17-10-8-16(25)9-11-17/h5-11,14-15H,4,12-13H2,1-3H3,(H,26,29)/t14-,15-/m1/s1. The summed E-state index contributed by atoms with van der Waals surface area (Å²) < 4.78 is 6.71. The molecule has 8 heteroatoms. The molecular weight excluding hydrogens is 538 g/mol. The van der Waals surface area contributed by atoms with E-state index in [2.05, 4.69) is 27.9 Å². The quantitative estimate of drug-likeness (QED) is 0.421. The topological polar surface area (TPSA) is 58.6 Å². The summed E-state index contributed by atoms with van der Waals surface area (Å²) in [5.41, 5.74) is 0.589. The van der Waals surface area contributed by atoms with Gasteiger partial charge < -0.3 is 15.0 Å². The Hall–Kier alpha value is -1.51. The van der Waals surface area contributed by atoms with Gasteiger partial charge in [-0.15, -0.1) is 0 Å². The van der Waals surface area contributed by atoms with E-state index in [4.69, 9.17) is 27.9 Å². The number of hydrogen-bond donors (Lipinski definition) is 1. The second-order valence-corrected chi connectivity index (χ2v) is 9.02. The van der Waals surface area contributed by atoms with Crippen molar-refractivity contribution in [2.45, 2.75) is 45.8 Å². The van der Waals surface area contributed by atoms with Gasteiger partial charge in [0.1, 0.15) is 11.8 Å². The van der Waals surface area contributed by atoms with Gasteiger partial charge in [-0.3, -0.25) is 9.59 Å². The van der Waals surface area contributed by atoms with Gasteiger partial charge in [-0.25, -0.2) is 0 Å². The largest absolute Gasteiger partial charge is 0.484 e. The van der Waals surface area contributed by atoms with Crippen LogP contribution in [0.2, 0.25) is 10.0 Å². The summed E-state index contributed by atoms with van der Waals surface area (Å²) in [6.45, 7) is 5.48. The highest BCUT2D eigenvalue weighted by atomic mass is 127. The third kappa shape index (κ3) is 7.03. The van der Waals surface area contributed by atoms with Gasteiger partial charge in [0.05, 0.1) is 0 Å². The van der Waals surface area contributed by atoms with Crippen LogP contribution in [0.25, 0.3) is 0 Å². The molecule has 0 unspecified atom stereocenters. The molecule has 0 aliphatic carbocycles. The minimum atomic E-state index is -0.723. The maximum atomic E-state index is 13.0. The number of nitrogens with one attached hydrogen (secondary N) is 1. The number of rotatable bonds is 9. The highest BCUT2D eigenvalue weighted by Gasteiger charge is 2.28. The maximum absolute atomic E-state index is 13.0. The zero-order valence-electron chi connectivity index (χ0n) is 17.1. The summed E-state index contributed by atoms with van der Waals surface area (Å²) in [6, 6.07) is 11.8. The number of amides is 2. The van der Waals surface area contributed by atoms with Crippen molar-refractivity contribution in [3.63, 3.8) is 0 Å². The molecular formula is C22H25Cl2IN2O3. The zero-order valence-corrected chi connectivity index (χ0v) is 20.8. The molecule has 2 atom stereocenters. The van der Waals surface area contributed by atoms with Crippen LogP contribution in [0, 0.1) is 3.57 Å². The molecule has 2 aromatic carbocycles. The molecule has 0 aliphatic heterocycles. The second kappa shape index (κ2) is 11.8. The van der Waals surface area contributed by atoms with Crippen molar-refractivity contribution in [2.75, 3.05) is 6.61 Å². The Morgan fingerprint density at radius 2 is 1.70 bits per heavy atom. The molecule has 162 valence electrons. The third-order valence-electron chi connectivity index (χ3n) is 4.73. The van der Waals surface area contributed by atoms with Crippen molar-refractivity contribution < 1.29 is 14.3 Å². The second-order valence-electron chi connectivity index (χ2n) is 6.96. The third-order valence-corrected chi connectivity index (χ3v) is 6.16. The fourth-order valence-corrected chi connectivity index (χ4v) is 3.54. The van der Waals surface area contributed by atoms with Crippen molar-refractivity contribution in [2.24, 2.45) is 0 Å². The SMILES string of the molecule is CC[C@@H](C)NC(=O)[C@@H](C)N(Cc1c(Cl)cccc1Cl)C(=O)COc1ccc(I)cc1. The Morgan fingerprint density at radius 1 is 1.10 bits per heavy atom. The van der Waals surface area contributed by atoms with E-state index in [1.54, 1.807) is 37.3 Å². The Labute approximate surface area is 201 Å². The molecule has 0 aliphatic rings. The van der Waals surface area contributed by atoms with Crippen LogP contribution < -0.4 is 10.1 Å². The molecule has 0 radical (unpaired) electrons. The van der Waals surface area contributed by atoms with Crippen molar-refractivity contribution in [1.29, 1.82) is 0 Å². The number of carbonyl (C=O) groups is 2. The Kier molecular flexibility index (Phi) is 9.71. The average Bonchev–Trinajstić information content (AvgIpc) is 2.72. The molecule has 0 aromatic heterocycles. The first-order valence-corrected chi connectivity index (χ1v) is 11.5. The summed E-state index contributed by atoms with van der Waals surface area (Å²) in [5, 5.41) is 3.80. The summed E-state index contributed by atoms with van der Waals surface area (Å²) >= 11 is 14.8. The number of benzene rings is 2. The van der Waals surface area contributed by atoms with E-state index < -0.39 is 6.04 Å². The van der Waals surface area contributed by atoms with Gasteiger partial charge in [-0.05, 0) is 79.3 Å². The van der Waals surface area contributed by atoms with Crippen LogP contribution in [0.15, 0.2) is 42.5 Å². The van der Waals surface area contributed by atoms with Crippen molar-refractivity contribution >= 4 is 57.6 Å². The van der Waals surface area contributed by atoms with Crippen molar-refractivity contribution in [1.82, 2.24) is 10.2 Å². The van der Waals surface area contributed by atoms with Gasteiger partial charge >= 0.3 is 0 Å². The normalized spacial score (nSPS) is 12.7. The summed E-state index contributed by atoms with van der Waals surface area (Å²) in [7, 11) is 0. The first kappa shape index (κ1) is 24.8. The first-order chi connectivity index (χ1) is 14.2. The zero-order chi connectivity index (χ0) is 22.3. The Balaban J connectivity index is 2.21. The number of carbonyl (C=O) groups excluding carboxylic acids is 2. The molecule has 0 saturated carbocycles. The summed E-state index contributed by atoms with van der Waals surface area (Å²) in [5.74, 6) is 0.00248. The van der Waals surface area contributed by atoms with E-state index in [0.29, 0.717) is 21.4 Å². The lowest BCUT2D eigenvalue weighted by Gasteiger charge is -2.30. The van der Waals surface area contributed by atoms with Gasteiger partial charge in [0.25, 0.3) is 5.91 Å². The van der Waals surface area contributed by atoms with Gasteiger partial charge in [0.15, 0.2) is 6.61 Å². The fraction of sp³-hybridized carbons (Fsp3) is 0.364. The van der Waals surface area contributed by atoms with Gasteiger partial charge in [-0.2, -0.15) is 0 Å². The molecule has 5 nitrogen and oxygen atoms in total. The van der Waals surface area contributed by atoms with E-state index in [0.717, 1.165) is 9.99 Å². The molecule has 1 N–H and O–H groups in total. The van der Waals surface area contributed by atoms with E-state index in [1.165, 1.54) is 4.90 Å². The van der Waals surface area contributed by atoms with Gasteiger partial charge in [0.2, 0.25) is 5.91 Å². The highest BCUT2D eigenvalue weighted by Crippen LogP contribution is 2.26. The number of ether oxygens (including phenoxy) is 1. The van der Waals surface area contributed by atoms with Gasteiger partial charge in [0, 0.05) is 31.8 Å². The van der Waals surface area contributed by atoms with Gasteiger partial charge in [-0.1, -0.05) is 36.2 Å². The van der Waals surface area contributed by atoms with E-state index in [1.807, 2.05) is 26.0 Å². The van der Waals surface area contributed by atoms with Crippen LogP contribution in [-0.4, -0.2) is 35.4 Å². The predicted octanol–water partition coefficient (Wildman–Crippen LogP) is 5.31. The van der Waals surface area contributed by atoms with Crippen molar-refractivity contribution in [3.8, 4) is 5.75 Å². The lowest BCUT2D eigenvalue weighted by Crippen LogP contribution is -2.50. The van der Waals surface area contributed by atoms with Crippen LogP contribution in [-0.2, 0) is 16.1 Å². The van der Waals surface area contributed by atoms with Crippen LogP contribution in [0.4, 0.5) is 0 Å². The minimum absolute atomic E-state index is 0.00356.